The number of carboxylic acids is 1. The molecule has 128 valence electrons. The van der Waals surface area contributed by atoms with Gasteiger partial charge in [0.25, 0.3) is 5.97 Å². The molecular weight excluding hydrogens is 318 g/mol. The molecule has 0 spiro atoms. The zero-order chi connectivity index (χ0) is 17.2. The molecule has 8 nitrogen and oxygen atoms in total. The van der Waals surface area contributed by atoms with Crippen molar-refractivity contribution < 1.29 is 14.7 Å². The number of allylic oxidation sites excluding steroid dienone is 1. The Labute approximate surface area is 139 Å². The van der Waals surface area contributed by atoms with Gasteiger partial charge in [0.2, 0.25) is 5.91 Å². The Morgan fingerprint density at radius 1 is 1.39 bits per heavy atom. The van der Waals surface area contributed by atoms with Crippen molar-refractivity contribution in [2.45, 2.75) is 38.0 Å². The van der Waals surface area contributed by atoms with Crippen molar-refractivity contribution in [1.29, 1.82) is 0 Å². The van der Waals surface area contributed by atoms with Gasteiger partial charge in [0.1, 0.15) is 5.82 Å². The number of likely N-dealkylation sites (tertiary alicyclic amines) is 1. The summed E-state index contributed by atoms with van der Waals surface area (Å²) in [5.41, 5.74) is 5.61. The van der Waals surface area contributed by atoms with Gasteiger partial charge in [-0.1, -0.05) is 17.8 Å². The topological polar surface area (TPSA) is 114 Å². The minimum Gasteiger partial charge on any atom is -0.481 e. The molecule has 1 aliphatic rings. The number of carbonyl (C=O) groups is 2. The normalized spacial score (nSPS) is 13.4. The smallest absolute Gasteiger partial charge is 0.300 e. The van der Waals surface area contributed by atoms with Crippen LogP contribution in [0.4, 0.5) is 0 Å². The molecule has 0 unspecified atom stereocenters. The summed E-state index contributed by atoms with van der Waals surface area (Å²) in [6.07, 6.45) is 4.00. The first kappa shape index (κ1) is 19.2. The second-order valence-corrected chi connectivity index (χ2v) is 5.84. The van der Waals surface area contributed by atoms with Crippen LogP contribution in [0.15, 0.2) is 17.8 Å². The fourth-order valence-corrected chi connectivity index (χ4v) is 2.94. The molecule has 9 heteroatoms. The zero-order valence-corrected chi connectivity index (χ0v) is 14.1. The minimum atomic E-state index is -0.833. The van der Waals surface area contributed by atoms with Crippen LogP contribution in [0.25, 0.3) is 0 Å². The maximum absolute atomic E-state index is 12.0. The second kappa shape index (κ2) is 10.0. The number of rotatable bonds is 6. The monoisotopic (exact) mass is 341 g/mol. The zero-order valence-electron chi connectivity index (χ0n) is 13.3. The van der Waals surface area contributed by atoms with Crippen LogP contribution in [0.2, 0.25) is 0 Å². The number of carbonyl (C=O) groups excluding carboxylic acids is 1. The summed E-state index contributed by atoms with van der Waals surface area (Å²) in [5, 5.41) is 16.3. The Morgan fingerprint density at radius 3 is 2.52 bits per heavy atom. The molecule has 0 radical (unpaired) electrons. The molecule has 0 aliphatic carbocycles. The van der Waals surface area contributed by atoms with E-state index >= 15 is 0 Å². The summed E-state index contributed by atoms with van der Waals surface area (Å²) in [6, 6.07) is 0. The van der Waals surface area contributed by atoms with Crippen molar-refractivity contribution in [2.24, 2.45) is 5.73 Å². The average Bonchev–Trinajstić information content (AvgIpc) is 3.14. The number of hydrogen-bond acceptors (Lipinski definition) is 6. The Morgan fingerprint density at radius 2 is 2.00 bits per heavy atom. The van der Waals surface area contributed by atoms with Crippen molar-refractivity contribution in [3.63, 3.8) is 0 Å². The van der Waals surface area contributed by atoms with E-state index in [1.165, 1.54) is 11.8 Å². The standard InChI is InChI=1S/C12H19N5OS.C2H4O2/c1-2-5-17-10(8-13)14-15-12(17)19-9-11(18)16-6-3-4-7-16;1-2(3)4/h2H,1,3-9,13H2;1H3,(H,3,4). The molecule has 1 saturated heterocycles. The highest BCUT2D eigenvalue weighted by molar-refractivity contribution is 7.99. The lowest BCUT2D eigenvalue weighted by molar-refractivity contribution is -0.134. The van der Waals surface area contributed by atoms with Crippen molar-refractivity contribution in [3.8, 4) is 0 Å². The number of aliphatic carboxylic acids is 1. The van der Waals surface area contributed by atoms with Crippen molar-refractivity contribution in [1.82, 2.24) is 19.7 Å². The number of aromatic nitrogens is 3. The first-order valence-corrected chi connectivity index (χ1v) is 8.31. The third-order valence-electron chi connectivity index (χ3n) is 3.07. The number of nitrogens with zero attached hydrogens (tertiary/aromatic N) is 4. The Balaban J connectivity index is 0.000000593. The first-order chi connectivity index (χ1) is 11.0. The molecule has 1 amide bonds. The second-order valence-electron chi connectivity index (χ2n) is 4.90. The molecular formula is C14H23N5O3S. The summed E-state index contributed by atoms with van der Waals surface area (Å²) < 4.78 is 1.90. The van der Waals surface area contributed by atoms with Crippen LogP contribution >= 0.6 is 11.8 Å². The van der Waals surface area contributed by atoms with Gasteiger partial charge >= 0.3 is 0 Å². The lowest BCUT2D eigenvalue weighted by atomic mass is 10.4. The maximum atomic E-state index is 12.0. The largest absolute Gasteiger partial charge is 0.481 e. The van der Waals surface area contributed by atoms with Crippen LogP contribution in [-0.4, -0.2) is 55.5 Å². The van der Waals surface area contributed by atoms with Gasteiger partial charge in [-0.25, -0.2) is 0 Å². The maximum Gasteiger partial charge on any atom is 0.300 e. The van der Waals surface area contributed by atoms with E-state index < -0.39 is 5.97 Å². The SMILES string of the molecule is C=CCn1c(CN)nnc1SCC(=O)N1CCCC1.CC(=O)O. The molecule has 23 heavy (non-hydrogen) atoms. The summed E-state index contributed by atoms with van der Waals surface area (Å²) in [6.45, 7) is 7.50. The van der Waals surface area contributed by atoms with Gasteiger partial charge in [-0.05, 0) is 12.8 Å². The number of nitrogens with two attached hydrogens (primary N) is 1. The van der Waals surface area contributed by atoms with E-state index in [0.717, 1.165) is 43.8 Å². The van der Waals surface area contributed by atoms with Gasteiger partial charge in [0, 0.05) is 26.6 Å². The minimum absolute atomic E-state index is 0.171. The highest BCUT2D eigenvalue weighted by atomic mass is 32.2. The molecule has 0 atom stereocenters. The third-order valence-corrected chi connectivity index (χ3v) is 4.02. The Hall–Kier alpha value is -1.87. The highest BCUT2D eigenvalue weighted by Crippen LogP contribution is 2.19. The number of hydrogen-bond donors (Lipinski definition) is 2. The molecule has 1 fully saturated rings. The highest BCUT2D eigenvalue weighted by Gasteiger charge is 2.19. The average molecular weight is 341 g/mol. The Bertz CT molecular complexity index is 537. The number of thioether (sulfide) groups is 1. The molecule has 1 aromatic rings. The molecule has 3 N–H and O–H groups in total. The van der Waals surface area contributed by atoms with Gasteiger partial charge in [0.05, 0.1) is 12.3 Å². The third kappa shape index (κ3) is 6.41. The predicted molar refractivity (Wildman–Crippen MR) is 88.0 cm³/mol. The van der Waals surface area contributed by atoms with Gasteiger partial charge in [0.15, 0.2) is 5.16 Å². The van der Waals surface area contributed by atoms with E-state index in [2.05, 4.69) is 16.8 Å². The lowest BCUT2D eigenvalue weighted by Gasteiger charge is -2.14. The fraction of sp³-hybridized carbons (Fsp3) is 0.571. The van der Waals surface area contributed by atoms with Crippen LogP contribution in [0, 0.1) is 0 Å². The summed E-state index contributed by atoms with van der Waals surface area (Å²) in [5.74, 6) is 0.459. The van der Waals surface area contributed by atoms with Gasteiger partial charge < -0.3 is 20.3 Å². The summed E-state index contributed by atoms with van der Waals surface area (Å²) in [7, 11) is 0. The summed E-state index contributed by atoms with van der Waals surface area (Å²) in [4.78, 5) is 22.9. The van der Waals surface area contributed by atoms with Crippen molar-refractivity contribution >= 4 is 23.6 Å². The molecule has 0 aromatic carbocycles. The number of amides is 1. The van der Waals surface area contributed by atoms with Crippen LogP contribution < -0.4 is 5.73 Å². The molecule has 2 rings (SSSR count). The van der Waals surface area contributed by atoms with E-state index in [0.29, 0.717) is 18.8 Å². The quantitative estimate of drug-likeness (QED) is 0.579. The van der Waals surface area contributed by atoms with Crippen LogP contribution in [0.5, 0.6) is 0 Å². The van der Waals surface area contributed by atoms with E-state index in [1.807, 2.05) is 9.47 Å². The molecule has 0 bridgehead atoms. The van der Waals surface area contributed by atoms with E-state index in [1.54, 1.807) is 6.08 Å². The number of carboxylic acid groups (broad SMARTS) is 1. The van der Waals surface area contributed by atoms with Gasteiger partial charge in [-0.15, -0.1) is 16.8 Å². The first-order valence-electron chi connectivity index (χ1n) is 7.32. The Kier molecular flexibility index (Phi) is 8.35. The van der Waals surface area contributed by atoms with E-state index in [4.69, 9.17) is 15.6 Å². The molecule has 2 heterocycles. The summed E-state index contributed by atoms with van der Waals surface area (Å²) >= 11 is 1.41. The van der Waals surface area contributed by atoms with E-state index in [9.17, 15) is 4.79 Å². The van der Waals surface area contributed by atoms with Gasteiger partial charge in [-0.2, -0.15) is 0 Å². The lowest BCUT2D eigenvalue weighted by Crippen LogP contribution is -2.29. The van der Waals surface area contributed by atoms with Crippen molar-refractivity contribution in [3.05, 3.63) is 18.5 Å². The van der Waals surface area contributed by atoms with Crippen LogP contribution in [-0.2, 0) is 22.7 Å². The van der Waals surface area contributed by atoms with E-state index in [-0.39, 0.29) is 5.91 Å². The van der Waals surface area contributed by atoms with Crippen LogP contribution in [0.1, 0.15) is 25.6 Å². The fourth-order valence-electron chi connectivity index (χ4n) is 2.07. The molecule has 1 aliphatic heterocycles. The molecule has 1 aromatic heterocycles. The predicted octanol–water partition coefficient (Wildman–Crippen LogP) is 0.728. The van der Waals surface area contributed by atoms with Crippen LogP contribution in [0.3, 0.4) is 0 Å². The van der Waals surface area contributed by atoms with Crippen molar-refractivity contribution in [2.75, 3.05) is 18.8 Å². The van der Waals surface area contributed by atoms with Gasteiger partial charge in [-0.3, -0.25) is 9.59 Å². The molecule has 0 saturated carbocycles.